The predicted molar refractivity (Wildman–Crippen MR) is 116 cm³/mol. The number of nitrogens with one attached hydrogen (secondary N) is 1. The van der Waals surface area contributed by atoms with Crippen molar-refractivity contribution in [2.45, 2.75) is 20.4 Å². The molecule has 2 amide bonds. The Bertz CT molecular complexity index is 904. The van der Waals surface area contributed by atoms with Crippen LogP contribution < -0.4 is 15.3 Å². The highest BCUT2D eigenvalue weighted by atomic mass is 16.2. The number of carbonyl (C=O) groups excluding carboxylic acids is 2. The molecule has 1 N–H and O–H groups in total. The molecule has 0 aliphatic carbocycles. The fourth-order valence-electron chi connectivity index (χ4n) is 3.04. The number of amides is 2. The number of rotatable bonds is 6. The van der Waals surface area contributed by atoms with Crippen molar-refractivity contribution in [3.63, 3.8) is 0 Å². The molecule has 2 aromatic carbocycles. The zero-order valence-corrected chi connectivity index (χ0v) is 17.3. The second-order valence-electron chi connectivity index (χ2n) is 7.22. The van der Waals surface area contributed by atoms with E-state index in [1.54, 1.807) is 4.90 Å². The van der Waals surface area contributed by atoms with E-state index in [1.807, 2.05) is 81.4 Å². The lowest BCUT2D eigenvalue weighted by Gasteiger charge is -2.30. The summed E-state index contributed by atoms with van der Waals surface area (Å²) < 4.78 is 0. The van der Waals surface area contributed by atoms with E-state index in [9.17, 15) is 9.59 Å². The summed E-state index contributed by atoms with van der Waals surface area (Å²) in [7, 11) is 3.98. The summed E-state index contributed by atoms with van der Waals surface area (Å²) in [6.45, 7) is 4.86. The fraction of sp³-hybridized carbons (Fsp3) is 0.318. The number of carbonyl (C=O) groups is 2. The number of benzene rings is 2. The van der Waals surface area contributed by atoms with Crippen LogP contribution in [0.1, 0.15) is 18.1 Å². The van der Waals surface area contributed by atoms with Crippen molar-refractivity contribution in [2.24, 2.45) is 4.99 Å². The summed E-state index contributed by atoms with van der Waals surface area (Å²) in [6, 6.07) is 15.6. The van der Waals surface area contributed by atoms with Crippen LogP contribution in [-0.4, -0.2) is 49.7 Å². The Morgan fingerprint density at radius 3 is 2.34 bits per heavy atom. The molecule has 3 rings (SSSR count). The smallest absolute Gasteiger partial charge is 0.290 e. The van der Waals surface area contributed by atoms with Crippen LogP contribution in [-0.2, 0) is 16.1 Å². The number of anilines is 2. The summed E-state index contributed by atoms with van der Waals surface area (Å²) in [4.78, 5) is 33.2. The fourth-order valence-corrected chi connectivity index (χ4v) is 3.04. The Balaban J connectivity index is 1.73. The molecule has 0 aromatic heterocycles. The molecule has 0 unspecified atom stereocenters. The second-order valence-corrected chi connectivity index (χ2v) is 7.22. The van der Waals surface area contributed by atoms with E-state index in [0.717, 1.165) is 16.8 Å². The number of likely N-dealkylation sites (N-methyl/N-ethyl adjacent to an activating group) is 1. The largest absolute Gasteiger partial charge is 0.378 e. The van der Waals surface area contributed by atoms with E-state index >= 15 is 0 Å². The average Bonchev–Trinajstić information content (AvgIpc) is 2.73. The molecule has 0 saturated carbocycles. The Morgan fingerprint density at radius 2 is 1.76 bits per heavy atom. The van der Waals surface area contributed by atoms with Gasteiger partial charge < -0.3 is 9.80 Å². The first-order valence-electron chi connectivity index (χ1n) is 9.65. The second kappa shape index (κ2) is 8.77. The van der Waals surface area contributed by atoms with Gasteiger partial charge in [-0.3, -0.25) is 20.0 Å². The third kappa shape index (κ3) is 4.74. The third-order valence-corrected chi connectivity index (χ3v) is 4.83. The van der Waals surface area contributed by atoms with Gasteiger partial charge in [0.25, 0.3) is 11.8 Å². The van der Waals surface area contributed by atoms with Gasteiger partial charge in [0.2, 0.25) is 5.84 Å². The highest BCUT2D eigenvalue weighted by Crippen LogP contribution is 2.17. The molecule has 1 heterocycles. The van der Waals surface area contributed by atoms with Crippen LogP contribution in [0.3, 0.4) is 0 Å². The number of hydrogen-bond acceptors (Lipinski definition) is 5. The van der Waals surface area contributed by atoms with Crippen molar-refractivity contribution in [1.29, 1.82) is 0 Å². The number of amidine groups is 1. The van der Waals surface area contributed by atoms with Crippen LogP contribution in [0.5, 0.6) is 0 Å². The molecule has 0 bridgehead atoms. The average molecular weight is 393 g/mol. The van der Waals surface area contributed by atoms with Gasteiger partial charge in [0.1, 0.15) is 6.54 Å². The Kier molecular flexibility index (Phi) is 6.16. The van der Waals surface area contributed by atoms with Gasteiger partial charge in [0.05, 0.1) is 5.69 Å². The first-order chi connectivity index (χ1) is 13.9. The zero-order chi connectivity index (χ0) is 21.0. The zero-order valence-electron chi connectivity index (χ0n) is 17.3. The molecule has 2 aromatic rings. The molecule has 1 aliphatic rings. The minimum absolute atomic E-state index is 0.0585. The lowest BCUT2D eigenvalue weighted by Crippen LogP contribution is -2.56. The summed E-state index contributed by atoms with van der Waals surface area (Å²) in [5.74, 6) is -0.251. The van der Waals surface area contributed by atoms with E-state index < -0.39 is 0 Å². The molecular formula is C22H27N5O2. The van der Waals surface area contributed by atoms with E-state index in [0.29, 0.717) is 18.8 Å². The quantitative estimate of drug-likeness (QED) is 0.818. The number of nitrogens with zero attached hydrogens (tertiary/aromatic N) is 4. The first-order valence-corrected chi connectivity index (χ1v) is 9.65. The van der Waals surface area contributed by atoms with E-state index in [-0.39, 0.29) is 24.2 Å². The Labute approximate surface area is 171 Å². The predicted octanol–water partition coefficient (Wildman–Crippen LogP) is 2.36. The van der Waals surface area contributed by atoms with Crippen LogP contribution in [0.4, 0.5) is 11.4 Å². The molecule has 0 atom stereocenters. The van der Waals surface area contributed by atoms with Crippen LogP contribution >= 0.6 is 0 Å². The molecule has 29 heavy (non-hydrogen) atoms. The lowest BCUT2D eigenvalue weighted by atomic mass is 10.2. The van der Waals surface area contributed by atoms with Crippen molar-refractivity contribution < 1.29 is 9.59 Å². The van der Waals surface area contributed by atoms with Crippen molar-refractivity contribution in [2.75, 3.05) is 37.1 Å². The Morgan fingerprint density at radius 1 is 1.10 bits per heavy atom. The molecule has 0 saturated heterocycles. The topological polar surface area (TPSA) is 68.2 Å². The monoisotopic (exact) mass is 393 g/mol. The molecule has 0 radical (unpaired) electrons. The van der Waals surface area contributed by atoms with Crippen molar-refractivity contribution in [1.82, 2.24) is 10.3 Å². The maximum atomic E-state index is 13.0. The summed E-state index contributed by atoms with van der Waals surface area (Å²) >= 11 is 0. The van der Waals surface area contributed by atoms with Gasteiger partial charge in [0.15, 0.2) is 0 Å². The third-order valence-electron chi connectivity index (χ3n) is 4.83. The molecule has 1 aliphatic heterocycles. The van der Waals surface area contributed by atoms with Crippen LogP contribution in [0.15, 0.2) is 53.5 Å². The van der Waals surface area contributed by atoms with Crippen LogP contribution in [0, 0.1) is 6.92 Å². The summed E-state index contributed by atoms with van der Waals surface area (Å²) in [6.07, 6.45) is 0. The minimum Gasteiger partial charge on any atom is -0.378 e. The first kappa shape index (κ1) is 20.4. The number of aryl methyl sites for hydroxylation is 1. The van der Waals surface area contributed by atoms with Gasteiger partial charge >= 0.3 is 0 Å². The number of hydrogen-bond donors (Lipinski definition) is 1. The summed E-state index contributed by atoms with van der Waals surface area (Å²) in [5, 5.41) is 1.39. The molecule has 152 valence electrons. The molecule has 0 spiro atoms. The van der Waals surface area contributed by atoms with Crippen molar-refractivity contribution >= 4 is 29.0 Å². The SMILES string of the molecule is CCN(Cc1ccc(N(C)C)cc1)C(=O)C1=NCC(=O)N(c2ccc(C)cc2)N1. The number of hydrazine groups is 1. The number of aliphatic imine (C=N–C) groups is 1. The standard InChI is InChI=1S/C22H27N5O2/c1-5-26(15-17-8-12-18(13-9-17)25(3)4)22(29)21-23-14-20(28)27(24-21)19-10-6-16(2)7-11-19/h6-13H,5,14-15H2,1-4H3,(H,23,24). The van der Waals surface area contributed by atoms with Gasteiger partial charge in [-0.1, -0.05) is 29.8 Å². The van der Waals surface area contributed by atoms with Gasteiger partial charge in [-0.2, -0.15) is 0 Å². The van der Waals surface area contributed by atoms with Crippen molar-refractivity contribution in [3.05, 3.63) is 59.7 Å². The maximum absolute atomic E-state index is 13.0. The lowest BCUT2D eigenvalue weighted by molar-refractivity contribution is -0.124. The van der Waals surface area contributed by atoms with E-state index in [1.165, 1.54) is 5.01 Å². The van der Waals surface area contributed by atoms with Crippen molar-refractivity contribution in [3.8, 4) is 0 Å². The Hall–Kier alpha value is -3.35. The normalized spacial score (nSPS) is 13.6. The van der Waals surface area contributed by atoms with Gasteiger partial charge in [0, 0.05) is 32.9 Å². The molecule has 7 heteroatoms. The van der Waals surface area contributed by atoms with E-state index in [4.69, 9.17) is 0 Å². The van der Waals surface area contributed by atoms with E-state index in [2.05, 4.69) is 10.4 Å². The molecule has 0 fully saturated rings. The van der Waals surface area contributed by atoms with Gasteiger partial charge in [-0.25, -0.2) is 5.01 Å². The highest BCUT2D eigenvalue weighted by molar-refractivity contribution is 6.39. The van der Waals surface area contributed by atoms with Gasteiger partial charge in [-0.05, 0) is 43.7 Å². The van der Waals surface area contributed by atoms with Crippen LogP contribution in [0.2, 0.25) is 0 Å². The summed E-state index contributed by atoms with van der Waals surface area (Å²) in [5.41, 5.74) is 6.82. The maximum Gasteiger partial charge on any atom is 0.290 e. The molecule has 7 nitrogen and oxygen atoms in total. The minimum atomic E-state index is -0.228. The van der Waals surface area contributed by atoms with Gasteiger partial charge in [-0.15, -0.1) is 0 Å². The molecular weight excluding hydrogens is 366 g/mol. The van der Waals surface area contributed by atoms with Crippen LogP contribution in [0.25, 0.3) is 0 Å². The highest BCUT2D eigenvalue weighted by Gasteiger charge is 2.28.